The van der Waals surface area contributed by atoms with Gasteiger partial charge in [0.15, 0.2) is 0 Å². The Morgan fingerprint density at radius 1 is 1.47 bits per heavy atom. The molecule has 2 atom stereocenters. The van der Waals surface area contributed by atoms with Crippen LogP contribution in [0.4, 0.5) is 0 Å². The Morgan fingerprint density at radius 3 is 2.82 bits per heavy atom. The largest absolute Gasteiger partial charge is 0.385 e. The lowest BCUT2D eigenvalue weighted by atomic mass is 9.93. The predicted octanol–water partition coefficient (Wildman–Crippen LogP) is 2.39. The standard InChI is InChI=1S/C13H21ClN2O/c1-10(6-7-17-2)13(16-15)9-11-4-3-5-12(14)8-11/h3-5,8,10,13,16H,6-7,9,15H2,1-2H3. The molecule has 3 nitrogen and oxygen atoms in total. The molecule has 0 saturated heterocycles. The molecule has 3 N–H and O–H groups in total. The Morgan fingerprint density at radius 2 is 2.24 bits per heavy atom. The van der Waals surface area contributed by atoms with Crippen molar-refractivity contribution in [2.75, 3.05) is 13.7 Å². The van der Waals surface area contributed by atoms with Crippen molar-refractivity contribution in [1.82, 2.24) is 5.43 Å². The number of methoxy groups -OCH3 is 1. The fourth-order valence-electron chi connectivity index (χ4n) is 1.85. The number of ether oxygens (including phenoxy) is 1. The third-order valence-corrected chi connectivity index (χ3v) is 3.26. The minimum atomic E-state index is 0.239. The van der Waals surface area contributed by atoms with Crippen LogP contribution in [0.2, 0.25) is 5.02 Å². The molecule has 0 radical (unpaired) electrons. The number of nitrogens with two attached hydrogens (primary N) is 1. The van der Waals surface area contributed by atoms with Crippen LogP contribution in [-0.2, 0) is 11.2 Å². The van der Waals surface area contributed by atoms with Crippen LogP contribution < -0.4 is 11.3 Å². The first-order valence-corrected chi connectivity index (χ1v) is 6.24. The molecule has 0 fully saturated rings. The van der Waals surface area contributed by atoms with Gasteiger partial charge in [-0.3, -0.25) is 11.3 Å². The second-order valence-electron chi connectivity index (χ2n) is 4.37. The van der Waals surface area contributed by atoms with E-state index in [0.29, 0.717) is 5.92 Å². The molecule has 0 saturated carbocycles. The Balaban J connectivity index is 2.56. The van der Waals surface area contributed by atoms with E-state index in [1.165, 1.54) is 5.56 Å². The van der Waals surface area contributed by atoms with Crippen molar-refractivity contribution in [3.63, 3.8) is 0 Å². The lowest BCUT2D eigenvalue weighted by Crippen LogP contribution is -2.41. The van der Waals surface area contributed by atoms with Crippen molar-refractivity contribution < 1.29 is 4.74 Å². The van der Waals surface area contributed by atoms with E-state index < -0.39 is 0 Å². The van der Waals surface area contributed by atoms with E-state index in [1.807, 2.05) is 18.2 Å². The molecular formula is C13H21ClN2O. The van der Waals surface area contributed by atoms with E-state index in [9.17, 15) is 0 Å². The normalized spacial score (nSPS) is 14.6. The lowest BCUT2D eigenvalue weighted by Gasteiger charge is -2.23. The molecule has 0 bridgehead atoms. The zero-order valence-corrected chi connectivity index (χ0v) is 11.2. The van der Waals surface area contributed by atoms with Crippen molar-refractivity contribution in [1.29, 1.82) is 0 Å². The van der Waals surface area contributed by atoms with E-state index in [1.54, 1.807) is 7.11 Å². The smallest absolute Gasteiger partial charge is 0.0465 e. The fourth-order valence-corrected chi connectivity index (χ4v) is 2.06. The van der Waals surface area contributed by atoms with E-state index in [0.717, 1.165) is 24.5 Å². The van der Waals surface area contributed by atoms with Gasteiger partial charge in [0.1, 0.15) is 0 Å². The summed E-state index contributed by atoms with van der Waals surface area (Å²) >= 11 is 5.96. The highest BCUT2D eigenvalue weighted by molar-refractivity contribution is 6.30. The Hall–Kier alpha value is -0.610. The highest BCUT2D eigenvalue weighted by atomic mass is 35.5. The van der Waals surface area contributed by atoms with E-state index in [-0.39, 0.29) is 6.04 Å². The average molecular weight is 257 g/mol. The van der Waals surface area contributed by atoms with Crippen molar-refractivity contribution in [2.45, 2.75) is 25.8 Å². The lowest BCUT2D eigenvalue weighted by molar-refractivity contribution is 0.170. The van der Waals surface area contributed by atoms with Gasteiger partial charge in [-0.1, -0.05) is 30.7 Å². The van der Waals surface area contributed by atoms with Crippen molar-refractivity contribution in [3.05, 3.63) is 34.9 Å². The number of rotatable bonds is 7. The summed E-state index contributed by atoms with van der Waals surface area (Å²) in [5.41, 5.74) is 4.08. The van der Waals surface area contributed by atoms with E-state index in [2.05, 4.69) is 18.4 Å². The average Bonchev–Trinajstić information content (AvgIpc) is 2.33. The van der Waals surface area contributed by atoms with E-state index in [4.69, 9.17) is 22.2 Å². The first-order chi connectivity index (χ1) is 8.17. The summed E-state index contributed by atoms with van der Waals surface area (Å²) in [6, 6.07) is 8.13. The quantitative estimate of drug-likeness (QED) is 0.582. The van der Waals surface area contributed by atoms with Gasteiger partial charge in [0, 0.05) is 24.8 Å². The molecule has 0 spiro atoms. The molecule has 4 heteroatoms. The third-order valence-electron chi connectivity index (χ3n) is 3.02. The Labute approximate surface area is 108 Å². The summed E-state index contributed by atoms with van der Waals surface area (Å²) in [6.07, 6.45) is 1.87. The highest BCUT2D eigenvalue weighted by Crippen LogP contribution is 2.16. The first-order valence-electron chi connectivity index (χ1n) is 5.87. The maximum Gasteiger partial charge on any atom is 0.0465 e. The molecule has 1 aromatic carbocycles. The zero-order valence-electron chi connectivity index (χ0n) is 10.4. The first kappa shape index (κ1) is 14.5. The second-order valence-corrected chi connectivity index (χ2v) is 4.80. The van der Waals surface area contributed by atoms with Gasteiger partial charge in [-0.25, -0.2) is 0 Å². The molecule has 0 aromatic heterocycles. The summed E-state index contributed by atoms with van der Waals surface area (Å²) in [5, 5.41) is 0.766. The number of hydrogen-bond acceptors (Lipinski definition) is 3. The highest BCUT2D eigenvalue weighted by Gasteiger charge is 2.16. The maximum atomic E-state index is 5.96. The van der Waals surface area contributed by atoms with Gasteiger partial charge in [-0.15, -0.1) is 0 Å². The minimum Gasteiger partial charge on any atom is -0.385 e. The fraction of sp³-hybridized carbons (Fsp3) is 0.538. The molecule has 0 aliphatic carbocycles. The summed E-state index contributed by atoms with van der Waals surface area (Å²) in [4.78, 5) is 0. The SMILES string of the molecule is COCCC(C)C(Cc1cccc(Cl)c1)NN. The van der Waals surface area contributed by atoms with Crippen LogP contribution in [0.15, 0.2) is 24.3 Å². The number of hydrazine groups is 1. The topological polar surface area (TPSA) is 47.3 Å². The summed E-state index contributed by atoms with van der Waals surface area (Å²) in [6.45, 7) is 2.93. The molecule has 0 heterocycles. The van der Waals surface area contributed by atoms with Gasteiger partial charge >= 0.3 is 0 Å². The van der Waals surface area contributed by atoms with Crippen LogP contribution in [-0.4, -0.2) is 19.8 Å². The number of halogens is 1. The van der Waals surface area contributed by atoms with Gasteiger partial charge in [-0.05, 0) is 36.5 Å². The zero-order chi connectivity index (χ0) is 12.7. The number of hydrogen-bond donors (Lipinski definition) is 2. The van der Waals surface area contributed by atoms with Crippen LogP contribution in [0.25, 0.3) is 0 Å². The van der Waals surface area contributed by atoms with Gasteiger partial charge in [0.25, 0.3) is 0 Å². The van der Waals surface area contributed by atoms with Gasteiger partial charge in [-0.2, -0.15) is 0 Å². The predicted molar refractivity (Wildman–Crippen MR) is 71.9 cm³/mol. The van der Waals surface area contributed by atoms with Crippen LogP contribution in [0.1, 0.15) is 18.9 Å². The van der Waals surface area contributed by atoms with Crippen molar-refractivity contribution >= 4 is 11.6 Å². The van der Waals surface area contributed by atoms with Crippen LogP contribution in [0, 0.1) is 5.92 Å². The monoisotopic (exact) mass is 256 g/mol. The van der Waals surface area contributed by atoms with Crippen LogP contribution in [0.3, 0.4) is 0 Å². The van der Waals surface area contributed by atoms with E-state index >= 15 is 0 Å². The molecular weight excluding hydrogens is 236 g/mol. The summed E-state index contributed by atoms with van der Waals surface area (Å²) < 4.78 is 5.09. The Bertz CT molecular complexity index is 333. The maximum absolute atomic E-state index is 5.96. The van der Waals surface area contributed by atoms with Gasteiger partial charge in [0.05, 0.1) is 0 Å². The summed E-state index contributed by atoms with van der Waals surface area (Å²) in [5.74, 6) is 6.06. The van der Waals surface area contributed by atoms with Crippen LogP contribution in [0.5, 0.6) is 0 Å². The van der Waals surface area contributed by atoms with Gasteiger partial charge < -0.3 is 4.74 Å². The van der Waals surface area contributed by atoms with Crippen LogP contribution >= 0.6 is 11.6 Å². The molecule has 0 aliphatic heterocycles. The molecule has 0 aliphatic rings. The molecule has 2 unspecified atom stereocenters. The molecule has 1 rings (SSSR count). The van der Waals surface area contributed by atoms with Gasteiger partial charge in [0.2, 0.25) is 0 Å². The summed E-state index contributed by atoms with van der Waals surface area (Å²) in [7, 11) is 1.72. The molecule has 17 heavy (non-hydrogen) atoms. The molecule has 0 amide bonds. The molecule has 1 aromatic rings. The third kappa shape index (κ3) is 5.04. The number of nitrogens with one attached hydrogen (secondary N) is 1. The second kappa shape index (κ2) is 7.67. The van der Waals surface area contributed by atoms with Crippen molar-refractivity contribution in [2.24, 2.45) is 11.8 Å². The Kier molecular flexibility index (Phi) is 6.52. The number of benzene rings is 1. The minimum absolute atomic E-state index is 0.239. The van der Waals surface area contributed by atoms with Crippen molar-refractivity contribution in [3.8, 4) is 0 Å². The molecule has 96 valence electrons.